The predicted molar refractivity (Wildman–Crippen MR) is 134 cm³/mol. The van der Waals surface area contributed by atoms with Crippen molar-refractivity contribution in [3.05, 3.63) is 106 Å². The molecule has 3 aromatic carbocycles. The molecule has 3 aliphatic heterocycles. The minimum atomic E-state index is -0.634. The number of hydrogen-bond donors (Lipinski definition) is 0. The summed E-state index contributed by atoms with van der Waals surface area (Å²) in [6, 6.07) is 25.2. The first-order chi connectivity index (χ1) is 18.1. The van der Waals surface area contributed by atoms with Crippen molar-refractivity contribution in [1.82, 2.24) is 4.90 Å². The second-order valence-electron chi connectivity index (χ2n) is 9.00. The van der Waals surface area contributed by atoms with E-state index in [9.17, 15) is 14.9 Å². The number of thioether (sulfide) groups is 1. The van der Waals surface area contributed by atoms with Crippen molar-refractivity contribution in [1.29, 1.82) is 0 Å². The van der Waals surface area contributed by atoms with Crippen molar-refractivity contribution in [3.8, 4) is 0 Å². The number of hydrogen-bond acceptors (Lipinski definition) is 8. The number of benzene rings is 3. The number of ether oxygens (including phenoxy) is 4. The van der Waals surface area contributed by atoms with Crippen LogP contribution < -0.4 is 0 Å². The molecule has 3 aromatic rings. The number of nitrogens with zero attached hydrogens (tertiary/aromatic N) is 2. The number of carbonyl (C=O) groups is 1. The average Bonchev–Trinajstić information content (AvgIpc) is 3.26. The van der Waals surface area contributed by atoms with Crippen LogP contribution in [0.1, 0.15) is 17.4 Å². The van der Waals surface area contributed by atoms with E-state index in [2.05, 4.69) is 0 Å². The molecule has 3 fully saturated rings. The topological polar surface area (TPSA) is 100 Å². The third-order valence-corrected chi connectivity index (χ3v) is 7.90. The molecule has 3 aliphatic rings. The van der Waals surface area contributed by atoms with Crippen molar-refractivity contribution in [3.63, 3.8) is 0 Å². The maximum absolute atomic E-state index is 13.2. The van der Waals surface area contributed by atoms with Gasteiger partial charge in [0.2, 0.25) is 0 Å². The van der Waals surface area contributed by atoms with Crippen LogP contribution >= 0.6 is 11.8 Å². The number of para-hydroxylation sites is 1. The van der Waals surface area contributed by atoms with E-state index < -0.39 is 47.1 Å². The number of rotatable bonds is 6. The highest BCUT2D eigenvalue weighted by molar-refractivity contribution is 7.99. The highest BCUT2D eigenvalue weighted by Gasteiger charge is 2.58. The number of amides is 1. The second kappa shape index (κ2) is 10.1. The zero-order valence-electron chi connectivity index (χ0n) is 19.6. The van der Waals surface area contributed by atoms with Gasteiger partial charge in [0.1, 0.15) is 23.7 Å². The molecule has 1 amide bonds. The summed E-state index contributed by atoms with van der Waals surface area (Å²) in [7, 11) is 0. The van der Waals surface area contributed by atoms with Gasteiger partial charge in [0.15, 0.2) is 12.4 Å². The van der Waals surface area contributed by atoms with Crippen LogP contribution in [0.15, 0.2) is 89.8 Å². The minimum absolute atomic E-state index is 0.0162. The van der Waals surface area contributed by atoms with Crippen LogP contribution in [0.2, 0.25) is 0 Å². The minimum Gasteiger partial charge on any atom is -0.441 e. The van der Waals surface area contributed by atoms with E-state index in [0.717, 1.165) is 10.5 Å². The van der Waals surface area contributed by atoms with E-state index in [4.69, 9.17) is 18.9 Å². The molecular weight excluding hydrogens is 496 g/mol. The van der Waals surface area contributed by atoms with Crippen molar-refractivity contribution in [2.45, 2.75) is 47.5 Å². The third-order valence-electron chi connectivity index (χ3n) is 6.73. The van der Waals surface area contributed by atoms with Crippen LogP contribution in [-0.4, -0.2) is 52.3 Å². The molecule has 37 heavy (non-hydrogen) atoms. The van der Waals surface area contributed by atoms with Crippen molar-refractivity contribution >= 4 is 23.5 Å². The van der Waals surface area contributed by atoms with E-state index in [1.165, 1.54) is 22.7 Å². The first-order valence-corrected chi connectivity index (χ1v) is 12.8. The van der Waals surface area contributed by atoms with Crippen molar-refractivity contribution in [2.75, 3.05) is 6.61 Å². The number of carbonyl (C=O) groups excluding carboxylic acids is 1. The molecule has 3 heterocycles. The molecule has 0 aliphatic carbocycles. The van der Waals surface area contributed by atoms with Gasteiger partial charge >= 0.3 is 6.09 Å². The Hall–Kier alpha value is -3.44. The van der Waals surface area contributed by atoms with Gasteiger partial charge in [0.25, 0.3) is 5.69 Å². The number of nitro groups is 1. The predicted octanol–water partition coefficient (Wildman–Crippen LogP) is 4.92. The molecule has 0 radical (unpaired) electrons. The molecule has 6 rings (SSSR count). The van der Waals surface area contributed by atoms with E-state index >= 15 is 0 Å². The lowest BCUT2D eigenvalue weighted by Crippen LogP contribution is -2.62. The summed E-state index contributed by atoms with van der Waals surface area (Å²) in [6.07, 6.45) is -2.81. The Morgan fingerprint density at radius 3 is 2.38 bits per heavy atom. The highest BCUT2D eigenvalue weighted by Crippen LogP contribution is 2.44. The van der Waals surface area contributed by atoms with E-state index in [-0.39, 0.29) is 18.8 Å². The second-order valence-corrected chi connectivity index (χ2v) is 10.2. The lowest BCUT2D eigenvalue weighted by atomic mass is 9.96. The Labute approximate surface area is 217 Å². The van der Waals surface area contributed by atoms with Crippen LogP contribution in [0.5, 0.6) is 0 Å². The average molecular weight is 521 g/mol. The van der Waals surface area contributed by atoms with Crippen LogP contribution in [-0.2, 0) is 25.5 Å². The van der Waals surface area contributed by atoms with Crippen LogP contribution in [0.25, 0.3) is 0 Å². The summed E-state index contributed by atoms with van der Waals surface area (Å²) in [5, 5.41) is 11.6. The van der Waals surface area contributed by atoms with Crippen LogP contribution in [0, 0.1) is 10.1 Å². The van der Waals surface area contributed by atoms with E-state index in [0.29, 0.717) is 5.56 Å². The fraction of sp³-hybridized carbons (Fsp3) is 0.296. The molecule has 10 heteroatoms. The molecule has 0 bridgehead atoms. The van der Waals surface area contributed by atoms with Gasteiger partial charge in [0.05, 0.1) is 18.1 Å². The molecule has 1 unspecified atom stereocenters. The summed E-state index contributed by atoms with van der Waals surface area (Å²) in [6.45, 7) is 0.295. The SMILES string of the molecule is O=C1O[C@H]2[C@@H]3OC(c4ccccc4)OC[C@H]3O[C@@H](Sc3ccccc3)[C@@H]2N1Cc1ccccc1[N+](=O)[O-]. The van der Waals surface area contributed by atoms with Gasteiger partial charge in [0, 0.05) is 22.1 Å². The maximum Gasteiger partial charge on any atom is 0.411 e. The Morgan fingerprint density at radius 2 is 1.62 bits per heavy atom. The van der Waals surface area contributed by atoms with Crippen molar-refractivity contribution in [2.24, 2.45) is 0 Å². The van der Waals surface area contributed by atoms with Gasteiger partial charge in [-0.25, -0.2) is 4.79 Å². The molecule has 0 N–H and O–H groups in total. The highest BCUT2D eigenvalue weighted by atomic mass is 32.2. The Bertz CT molecular complexity index is 1280. The molecule has 0 saturated carbocycles. The lowest BCUT2D eigenvalue weighted by molar-refractivity contribution is -0.385. The lowest BCUT2D eigenvalue weighted by Gasteiger charge is -2.47. The third kappa shape index (κ3) is 4.69. The number of nitro benzene ring substituents is 1. The van der Waals surface area contributed by atoms with Gasteiger partial charge in [-0.15, -0.1) is 0 Å². The molecular formula is C27H24N2O7S. The first kappa shape index (κ1) is 23.9. The Morgan fingerprint density at radius 1 is 0.919 bits per heavy atom. The zero-order chi connectivity index (χ0) is 25.4. The van der Waals surface area contributed by atoms with Gasteiger partial charge in [-0.3, -0.25) is 15.0 Å². The molecule has 6 atom stereocenters. The van der Waals surface area contributed by atoms with Gasteiger partial charge < -0.3 is 18.9 Å². The van der Waals surface area contributed by atoms with Gasteiger partial charge in [-0.2, -0.15) is 0 Å². The van der Waals surface area contributed by atoms with Gasteiger partial charge in [-0.1, -0.05) is 78.5 Å². The summed E-state index contributed by atoms with van der Waals surface area (Å²) in [5.41, 5.74) is 0.737. The van der Waals surface area contributed by atoms with Gasteiger partial charge in [-0.05, 0) is 12.1 Å². The Balaban J connectivity index is 1.32. The van der Waals surface area contributed by atoms with Crippen LogP contribution in [0.4, 0.5) is 10.5 Å². The van der Waals surface area contributed by atoms with E-state index in [1.807, 2.05) is 60.7 Å². The fourth-order valence-corrected chi connectivity index (χ4v) is 6.24. The quantitative estimate of drug-likeness (QED) is 0.334. The van der Waals surface area contributed by atoms with Crippen molar-refractivity contribution < 1.29 is 28.7 Å². The van der Waals surface area contributed by atoms with E-state index in [1.54, 1.807) is 18.2 Å². The summed E-state index contributed by atoms with van der Waals surface area (Å²) >= 11 is 1.48. The summed E-state index contributed by atoms with van der Waals surface area (Å²) < 4.78 is 24.7. The largest absolute Gasteiger partial charge is 0.441 e. The Kier molecular flexibility index (Phi) is 6.56. The summed E-state index contributed by atoms with van der Waals surface area (Å²) in [5.74, 6) is 0. The molecule has 0 spiro atoms. The number of fused-ring (bicyclic) bond motifs is 3. The molecule has 190 valence electrons. The zero-order valence-corrected chi connectivity index (χ0v) is 20.4. The first-order valence-electron chi connectivity index (χ1n) is 12.0. The molecule has 3 saturated heterocycles. The fourth-order valence-electron chi connectivity index (χ4n) is 5.01. The van der Waals surface area contributed by atoms with Crippen LogP contribution in [0.3, 0.4) is 0 Å². The maximum atomic E-state index is 13.2. The molecule has 0 aromatic heterocycles. The smallest absolute Gasteiger partial charge is 0.411 e. The normalized spacial score (nSPS) is 28.8. The molecule has 9 nitrogen and oxygen atoms in total. The summed E-state index contributed by atoms with van der Waals surface area (Å²) in [4.78, 5) is 26.9. The standard InChI is InChI=1S/C27H24N2O7S/c30-27-28(15-18-11-7-8-14-20(18)29(31)32)22-24(36-27)23-21(34-26(22)37-19-12-5-2-6-13-19)16-33-25(35-23)17-9-3-1-4-10-17/h1-14,21-26H,15-16H2/t21-,22-,23-,24-,25?,26+/m1/s1. The monoisotopic (exact) mass is 520 g/mol.